The molecule has 7 aromatic carbocycles. The van der Waals surface area contributed by atoms with Crippen LogP contribution in [0.15, 0.2) is 170 Å². The molecule has 0 nitrogen and oxygen atoms in total. The van der Waals surface area contributed by atoms with E-state index in [9.17, 15) is 0 Å². The molecule has 0 aliphatic heterocycles. The zero-order chi connectivity index (χ0) is 28.6. The minimum Gasteiger partial charge on any atom is -0.135 e. The monoisotopic (exact) mass is 564 g/mol. The summed E-state index contributed by atoms with van der Waals surface area (Å²) in [6.45, 7) is 0. The molecule has 1 heterocycles. The lowest BCUT2D eigenvalue weighted by Crippen LogP contribution is -1.88. The smallest absolute Gasteiger partial charge is 0.0433 e. The third-order valence-corrected chi connectivity index (χ3v) is 9.47. The maximum Gasteiger partial charge on any atom is 0.0433 e. The number of thiophene rings is 1. The van der Waals surface area contributed by atoms with Crippen LogP contribution in [0, 0.1) is 0 Å². The topological polar surface area (TPSA) is 0 Å². The molecule has 0 unspecified atom stereocenters. The summed E-state index contributed by atoms with van der Waals surface area (Å²) in [5, 5.41) is 2.65. The summed E-state index contributed by atoms with van der Waals surface area (Å²) in [5.41, 5.74) is 12.3. The van der Waals surface area contributed by atoms with Crippen molar-refractivity contribution in [3.8, 4) is 55.6 Å². The van der Waals surface area contributed by atoms with Crippen molar-refractivity contribution >= 4 is 31.5 Å². The van der Waals surface area contributed by atoms with E-state index in [1.807, 2.05) is 11.3 Å². The van der Waals surface area contributed by atoms with Crippen LogP contribution in [-0.2, 0) is 0 Å². The minimum atomic E-state index is 1.21. The largest absolute Gasteiger partial charge is 0.135 e. The summed E-state index contributed by atoms with van der Waals surface area (Å²) in [4.78, 5) is 0. The predicted molar refractivity (Wildman–Crippen MR) is 187 cm³/mol. The minimum absolute atomic E-state index is 1.21. The molecule has 0 N–H and O–H groups in total. The Morgan fingerprint density at radius 1 is 0.279 bits per heavy atom. The van der Waals surface area contributed by atoms with Crippen LogP contribution in [0.2, 0.25) is 0 Å². The zero-order valence-corrected chi connectivity index (χ0v) is 24.4. The normalized spacial score (nSPS) is 11.3. The Morgan fingerprint density at radius 3 is 1.30 bits per heavy atom. The van der Waals surface area contributed by atoms with E-state index in [0.29, 0.717) is 0 Å². The Balaban J connectivity index is 1.34. The van der Waals surface area contributed by atoms with Crippen molar-refractivity contribution in [3.63, 3.8) is 0 Å². The van der Waals surface area contributed by atoms with E-state index in [-0.39, 0.29) is 0 Å². The van der Waals surface area contributed by atoms with Crippen LogP contribution in [0.3, 0.4) is 0 Å². The lowest BCUT2D eigenvalue weighted by atomic mass is 9.91. The summed E-state index contributed by atoms with van der Waals surface area (Å²) >= 11 is 1.89. The Morgan fingerprint density at radius 2 is 0.698 bits per heavy atom. The van der Waals surface area contributed by atoms with Crippen molar-refractivity contribution in [1.82, 2.24) is 0 Å². The van der Waals surface area contributed by atoms with Gasteiger partial charge in [-0.15, -0.1) is 11.3 Å². The average molecular weight is 565 g/mol. The standard InChI is InChI=1S/C42H28S/c1-3-12-29(13-4-1)31-16-9-18-33(24-31)35-26-36(34-19-10-17-32(25-34)30-14-5-2-6-15-30)28-37(27-35)38-21-11-22-40-39-20-7-8-23-41(39)43-42(38)40/h1-28H. The molecular weight excluding hydrogens is 537 g/mol. The van der Waals surface area contributed by atoms with Gasteiger partial charge in [0.25, 0.3) is 0 Å². The molecule has 0 fully saturated rings. The number of hydrogen-bond acceptors (Lipinski definition) is 1. The van der Waals surface area contributed by atoms with E-state index >= 15 is 0 Å². The van der Waals surface area contributed by atoms with Crippen LogP contribution in [0.1, 0.15) is 0 Å². The van der Waals surface area contributed by atoms with E-state index in [1.165, 1.54) is 75.8 Å². The Kier molecular flexibility index (Phi) is 6.44. The predicted octanol–water partition coefficient (Wildman–Crippen LogP) is 12.4. The van der Waals surface area contributed by atoms with Gasteiger partial charge in [0.2, 0.25) is 0 Å². The van der Waals surface area contributed by atoms with Gasteiger partial charge < -0.3 is 0 Å². The number of hydrogen-bond donors (Lipinski definition) is 0. The van der Waals surface area contributed by atoms with Gasteiger partial charge in [-0.25, -0.2) is 0 Å². The van der Waals surface area contributed by atoms with Gasteiger partial charge >= 0.3 is 0 Å². The second kappa shape index (κ2) is 10.9. The number of rotatable bonds is 5. The van der Waals surface area contributed by atoms with Crippen molar-refractivity contribution in [2.75, 3.05) is 0 Å². The van der Waals surface area contributed by atoms with Crippen molar-refractivity contribution in [2.24, 2.45) is 0 Å². The first-order valence-electron chi connectivity index (χ1n) is 14.7. The van der Waals surface area contributed by atoms with E-state index < -0.39 is 0 Å². The third kappa shape index (κ3) is 4.84. The first-order valence-corrected chi connectivity index (χ1v) is 15.5. The van der Waals surface area contributed by atoms with Crippen LogP contribution in [0.5, 0.6) is 0 Å². The summed E-state index contributed by atoms with van der Waals surface area (Å²) in [6.07, 6.45) is 0. The summed E-state index contributed by atoms with van der Waals surface area (Å²) in [7, 11) is 0. The molecule has 0 amide bonds. The molecule has 0 radical (unpaired) electrons. The van der Waals surface area contributed by atoms with Gasteiger partial charge in [-0.05, 0) is 92.0 Å². The molecule has 8 aromatic rings. The molecule has 0 atom stereocenters. The van der Waals surface area contributed by atoms with E-state index in [4.69, 9.17) is 0 Å². The molecule has 0 saturated carbocycles. The summed E-state index contributed by atoms with van der Waals surface area (Å²) in [5.74, 6) is 0. The first-order chi connectivity index (χ1) is 21.3. The van der Waals surface area contributed by atoms with Crippen LogP contribution >= 0.6 is 11.3 Å². The second-order valence-corrected chi connectivity index (χ2v) is 12.0. The van der Waals surface area contributed by atoms with E-state index in [2.05, 4.69) is 170 Å². The van der Waals surface area contributed by atoms with E-state index in [0.717, 1.165) is 0 Å². The van der Waals surface area contributed by atoms with Gasteiger partial charge in [0.1, 0.15) is 0 Å². The molecule has 0 spiro atoms. The maximum atomic E-state index is 2.37. The van der Waals surface area contributed by atoms with Crippen molar-refractivity contribution in [2.45, 2.75) is 0 Å². The van der Waals surface area contributed by atoms with Crippen LogP contribution < -0.4 is 0 Å². The van der Waals surface area contributed by atoms with Gasteiger partial charge in [-0.3, -0.25) is 0 Å². The Bertz CT molecular complexity index is 2120. The molecule has 0 saturated heterocycles. The highest BCUT2D eigenvalue weighted by Crippen LogP contribution is 2.42. The fourth-order valence-electron chi connectivity index (χ4n) is 6.11. The van der Waals surface area contributed by atoms with Crippen molar-refractivity contribution in [1.29, 1.82) is 0 Å². The molecule has 0 aliphatic carbocycles. The highest BCUT2D eigenvalue weighted by atomic mass is 32.1. The van der Waals surface area contributed by atoms with Crippen LogP contribution in [-0.4, -0.2) is 0 Å². The molecule has 1 aromatic heterocycles. The van der Waals surface area contributed by atoms with Crippen molar-refractivity contribution in [3.05, 3.63) is 170 Å². The summed E-state index contributed by atoms with van der Waals surface area (Å²) in [6, 6.07) is 61.7. The maximum absolute atomic E-state index is 2.37. The fraction of sp³-hybridized carbons (Fsp3) is 0. The first kappa shape index (κ1) is 25.5. The van der Waals surface area contributed by atoms with Crippen molar-refractivity contribution < 1.29 is 0 Å². The molecular formula is C42H28S. The number of fused-ring (bicyclic) bond motifs is 3. The quantitative estimate of drug-likeness (QED) is 0.195. The molecule has 0 aliphatic rings. The van der Waals surface area contributed by atoms with Gasteiger partial charge in [0.05, 0.1) is 0 Å². The molecule has 1 heteroatoms. The molecule has 0 bridgehead atoms. The highest BCUT2D eigenvalue weighted by molar-refractivity contribution is 7.26. The zero-order valence-electron chi connectivity index (χ0n) is 23.6. The van der Waals surface area contributed by atoms with Gasteiger partial charge in [-0.2, -0.15) is 0 Å². The van der Waals surface area contributed by atoms with Crippen LogP contribution in [0.25, 0.3) is 75.8 Å². The molecule has 8 rings (SSSR count). The van der Waals surface area contributed by atoms with Gasteiger partial charge in [0, 0.05) is 20.2 Å². The second-order valence-electron chi connectivity index (χ2n) is 11.0. The van der Waals surface area contributed by atoms with Gasteiger partial charge in [0.15, 0.2) is 0 Å². The lowest BCUT2D eigenvalue weighted by molar-refractivity contribution is 1.56. The molecule has 43 heavy (non-hydrogen) atoms. The Labute approximate surface area is 256 Å². The number of benzene rings is 7. The molecule has 202 valence electrons. The third-order valence-electron chi connectivity index (χ3n) is 8.25. The SMILES string of the molecule is c1ccc(-c2cccc(-c3cc(-c4cccc(-c5ccccc5)c4)cc(-c4cccc5c4sc4ccccc45)c3)c2)cc1. The van der Waals surface area contributed by atoms with Gasteiger partial charge in [-0.1, -0.05) is 133 Å². The highest BCUT2D eigenvalue weighted by Gasteiger charge is 2.14. The fourth-order valence-corrected chi connectivity index (χ4v) is 7.35. The summed E-state index contributed by atoms with van der Waals surface area (Å²) < 4.78 is 2.66. The average Bonchev–Trinajstić information content (AvgIpc) is 3.48. The van der Waals surface area contributed by atoms with Crippen LogP contribution in [0.4, 0.5) is 0 Å². The lowest BCUT2D eigenvalue weighted by Gasteiger charge is -2.14. The Hall–Kier alpha value is -5.24. The van der Waals surface area contributed by atoms with E-state index in [1.54, 1.807) is 0 Å².